The fraction of sp³-hybridized carbons (Fsp3) is 0.417. The van der Waals surface area contributed by atoms with Crippen LogP contribution in [0.2, 0.25) is 0 Å². The van der Waals surface area contributed by atoms with Crippen LogP contribution in [0, 0.1) is 24.1 Å². The fourth-order valence-electron chi connectivity index (χ4n) is 1.26. The fourth-order valence-corrected chi connectivity index (χ4v) is 1.26. The average molecular weight is 206 g/mol. The molecule has 0 spiro atoms. The molecule has 0 aliphatic heterocycles. The zero-order valence-electron chi connectivity index (χ0n) is 9.26. The third-order valence-electron chi connectivity index (χ3n) is 2.49. The summed E-state index contributed by atoms with van der Waals surface area (Å²) < 4.78 is 13.4. The number of rotatable bonds is 3. The SMILES string of the molecule is CCC(C)Nc1cc(C#N)cc(F)c1C. The Morgan fingerprint density at radius 1 is 1.53 bits per heavy atom. The highest BCUT2D eigenvalue weighted by molar-refractivity contribution is 5.56. The van der Waals surface area contributed by atoms with Crippen LogP contribution < -0.4 is 5.32 Å². The maximum Gasteiger partial charge on any atom is 0.129 e. The van der Waals surface area contributed by atoms with Crippen molar-refractivity contribution in [2.75, 3.05) is 5.32 Å². The third-order valence-corrected chi connectivity index (χ3v) is 2.49. The predicted octanol–water partition coefficient (Wildman–Crippen LogP) is 3.22. The molecule has 0 saturated heterocycles. The van der Waals surface area contributed by atoms with Crippen LogP contribution in [0.3, 0.4) is 0 Å². The summed E-state index contributed by atoms with van der Waals surface area (Å²) in [4.78, 5) is 0. The van der Waals surface area contributed by atoms with Gasteiger partial charge in [0, 0.05) is 17.3 Å². The first-order chi connectivity index (χ1) is 7.08. The molecule has 1 atom stereocenters. The molecule has 0 aliphatic rings. The van der Waals surface area contributed by atoms with Crippen LogP contribution in [0.5, 0.6) is 0 Å². The topological polar surface area (TPSA) is 35.8 Å². The molecule has 0 heterocycles. The Morgan fingerprint density at radius 3 is 2.73 bits per heavy atom. The third kappa shape index (κ3) is 2.69. The standard InChI is InChI=1S/C12H15FN2/c1-4-8(2)15-12-6-10(7-14)5-11(13)9(12)3/h5-6,8,15H,4H2,1-3H3. The van der Waals surface area contributed by atoms with Crippen LogP contribution in [0.25, 0.3) is 0 Å². The Bertz CT molecular complexity index is 393. The van der Waals surface area contributed by atoms with Crippen LogP contribution in [0.4, 0.5) is 10.1 Å². The van der Waals surface area contributed by atoms with E-state index < -0.39 is 0 Å². The van der Waals surface area contributed by atoms with E-state index in [0.717, 1.165) is 6.42 Å². The minimum absolute atomic E-state index is 0.275. The highest BCUT2D eigenvalue weighted by Crippen LogP contribution is 2.21. The van der Waals surface area contributed by atoms with Crippen molar-refractivity contribution in [2.45, 2.75) is 33.2 Å². The van der Waals surface area contributed by atoms with E-state index in [4.69, 9.17) is 5.26 Å². The van der Waals surface area contributed by atoms with Gasteiger partial charge in [-0.3, -0.25) is 0 Å². The lowest BCUT2D eigenvalue weighted by Gasteiger charge is -2.15. The molecule has 1 unspecified atom stereocenters. The van der Waals surface area contributed by atoms with Crippen molar-refractivity contribution in [3.8, 4) is 6.07 Å². The van der Waals surface area contributed by atoms with Crippen molar-refractivity contribution in [3.63, 3.8) is 0 Å². The van der Waals surface area contributed by atoms with Gasteiger partial charge >= 0.3 is 0 Å². The van der Waals surface area contributed by atoms with Crippen LogP contribution in [-0.2, 0) is 0 Å². The Morgan fingerprint density at radius 2 is 2.20 bits per heavy atom. The summed E-state index contributed by atoms with van der Waals surface area (Å²) in [5, 5.41) is 11.9. The molecule has 0 saturated carbocycles. The van der Waals surface area contributed by atoms with E-state index in [1.54, 1.807) is 13.0 Å². The molecule has 0 aromatic heterocycles. The minimum atomic E-state index is -0.333. The van der Waals surface area contributed by atoms with Gasteiger partial charge in [0.05, 0.1) is 11.6 Å². The average Bonchev–Trinajstić information content (AvgIpc) is 2.24. The second-order valence-electron chi connectivity index (χ2n) is 3.70. The molecule has 15 heavy (non-hydrogen) atoms. The van der Waals surface area contributed by atoms with E-state index >= 15 is 0 Å². The van der Waals surface area contributed by atoms with Crippen molar-refractivity contribution in [1.29, 1.82) is 5.26 Å². The summed E-state index contributed by atoms with van der Waals surface area (Å²) in [6.07, 6.45) is 0.956. The van der Waals surface area contributed by atoms with Crippen LogP contribution >= 0.6 is 0 Å². The maximum atomic E-state index is 13.4. The van der Waals surface area contributed by atoms with E-state index in [9.17, 15) is 4.39 Å². The number of anilines is 1. The van der Waals surface area contributed by atoms with Gasteiger partial charge in [-0.15, -0.1) is 0 Å². The Labute approximate surface area is 89.7 Å². The van der Waals surface area contributed by atoms with Gasteiger partial charge in [0.25, 0.3) is 0 Å². The van der Waals surface area contributed by atoms with Gasteiger partial charge in [0.2, 0.25) is 0 Å². The molecule has 0 radical (unpaired) electrons. The van der Waals surface area contributed by atoms with E-state index in [1.807, 2.05) is 13.0 Å². The number of halogens is 1. The molecule has 1 rings (SSSR count). The smallest absolute Gasteiger partial charge is 0.129 e. The highest BCUT2D eigenvalue weighted by Gasteiger charge is 2.08. The zero-order valence-corrected chi connectivity index (χ0v) is 9.26. The molecule has 0 bridgehead atoms. The van der Waals surface area contributed by atoms with Crippen molar-refractivity contribution < 1.29 is 4.39 Å². The first-order valence-electron chi connectivity index (χ1n) is 5.05. The molecule has 0 aliphatic carbocycles. The number of nitrogens with one attached hydrogen (secondary N) is 1. The summed E-state index contributed by atoms with van der Waals surface area (Å²) in [6, 6.07) is 5.17. The first-order valence-corrected chi connectivity index (χ1v) is 5.05. The van der Waals surface area contributed by atoms with Crippen molar-refractivity contribution in [2.24, 2.45) is 0 Å². The van der Waals surface area contributed by atoms with E-state index in [1.165, 1.54) is 6.07 Å². The van der Waals surface area contributed by atoms with Crippen molar-refractivity contribution in [3.05, 3.63) is 29.1 Å². The number of benzene rings is 1. The normalized spacial score (nSPS) is 11.9. The largest absolute Gasteiger partial charge is 0.382 e. The second kappa shape index (κ2) is 4.79. The summed E-state index contributed by atoms with van der Waals surface area (Å²) in [6.45, 7) is 5.79. The van der Waals surface area contributed by atoms with E-state index in [0.29, 0.717) is 16.8 Å². The number of hydrogen-bond acceptors (Lipinski definition) is 2. The van der Waals surface area contributed by atoms with Crippen molar-refractivity contribution >= 4 is 5.69 Å². The quantitative estimate of drug-likeness (QED) is 0.824. The molecule has 1 aromatic carbocycles. The summed E-state index contributed by atoms with van der Waals surface area (Å²) in [5.74, 6) is -0.333. The molecule has 2 nitrogen and oxygen atoms in total. The second-order valence-corrected chi connectivity index (χ2v) is 3.70. The molecular weight excluding hydrogens is 191 g/mol. The van der Waals surface area contributed by atoms with Gasteiger partial charge in [-0.2, -0.15) is 5.26 Å². The van der Waals surface area contributed by atoms with Gasteiger partial charge in [-0.1, -0.05) is 6.92 Å². The lowest BCUT2D eigenvalue weighted by Crippen LogP contribution is -2.14. The lowest BCUT2D eigenvalue weighted by molar-refractivity contribution is 0.617. The Balaban J connectivity index is 3.06. The number of hydrogen-bond donors (Lipinski definition) is 1. The Kier molecular flexibility index (Phi) is 3.68. The van der Waals surface area contributed by atoms with Gasteiger partial charge in [-0.05, 0) is 32.4 Å². The van der Waals surface area contributed by atoms with Crippen LogP contribution in [0.1, 0.15) is 31.4 Å². The number of nitrogens with zero attached hydrogens (tertiary/aromatic N) is 1. The van der Waals surface area contributed by atoms with Crippen LogP contribution in [0.15, 0.2) is 12.1 Å². The summed E-state index contributed by atoms with van der Waals surface area (Å²) >= 11 is 0. The molecule has 0 fully saturated rings. The molecular formula is C12H15FN2. The maximum absolute atomic E-state index is 13.4. The molecule has 1 aromatic rings. The van der Waals surface area contributed by atoms with E-state index in [2.05, 4.69) is 12.2 Å². The van der Waals surface area contributed by atoms with Gasteiger partial charge in [0.1, 0.15) is 5.82 Å². The molecule has 1 N–H and O–H groups in total. The molecule has 80 valence electrons. The van der Waals surface area contributed by atoms with Crippen molar-refractivity contribution in [1.82, 2.24) is 0 Å². The zero-order chi connectivity index (χ0) is 11.4. The van der Waals surface area contributed by atoms with E-state index in [-0.39, 0.29) is 11.9 Å². The lowest BCUT2D eigenvalue weighted by atomic mass is 10.1. The van der Waals surface area contributed by atoms with Gasteiger partial charge in [0.15, 0.2) is 0 Å². The molecule has 0 amide bonds. The van der Waals surface area contributed by atoms with Gasteiger partial charge < -0.3 is 5.32 Å². The first kappa shape index (κ1) is 11.5. The number of nitriles is 1. The minimum Gasteiger partial charge on any atom is -0.382 e. The van der Waals surface area contributed by atoms with Gasteiger partial charge in [-0.25, -0.2) is 4.39 Å². The summed E-state index contributed by atoms with van der Waals surface area (Å²) in [7, 11) is 0. The Hall–Kier alpha value is -1.56. The van der Waals surface area contributed by atoms with Crippen LogP contribution in [-0.4, -0.2) is 6.04 Å². The highest BCUT2D eigenvalue weighted by atomic mass is 19.1. The monoisotopic (exact) mass is 206 g/mol. The summed E-state index contributed by atoms with van der Waals surface area (Å²) in [5.41, 5.74) is 1.62. The predicted molar refractivity (Wildman–Crippen MR) is 59.2 cm³/mol. The molecule has 3 heteroatoms.